The number of ether oxygens (including phenoxy) is 1. The third-order valence-corrected chi connectivity index (χ3v) is 3.11. The molecule has 4 heteroatoms. The molecule has 0 bridgehead atoms. The van der Waals surface area contributed by atoms with Crippen LogP contribution in [0, 0.1) is 0 Å². The Balaban J connectivity index is 3.19. The van der Waals surface area contributed by atoms with E-state index in [4.69, 9.17) is 9.84 Å². The van der Waals surface area contributed by atoms with Crippen LogP contribution in [0.25, 0.3) is 0 Å². The third-order valence-electron chi connectivity index (χ3n) is 3.11. The standard InChI is InChI=1S/C15H23NO3/c1-15(2,3)11-6-7-13(19-5)12(10-11)16(4)14(18)8-9-17/h6-7,10,17H,8-9H2,1-5H3. The van der Waals surface area contributed by atoms with Crippen LogP contribution < -0.4 is 9.64 Å². The first-order valence-electron chi connectivity index (χ1n) is 6.37. The van der Waals surface area contributed by atoms with Crippen LogP contribution in [0.15, 0.2) is 18.2 Å². The van der Waals surface area contributed by atoms with Gasteiger partial charge < -0.3 is 14.7 Å². The number of carbonyl (C=O) groups excluding carboxylic acids is 1. The molecule has 0 aromatic heterocycles. The van der Waals surface area contributed by atoms with Crippen molar-refractivity contribution in [1.29, 1.82) is 0 Å². The molecule has 1 aromatic carbocycles. The number of amides is 1. The van der Waals surface area contributed by atoms with E-state index >= 15 is 0 Å². The van der Waals surface area contributed by atoms with E-state index in [1.54, 1.807) is 14.2 Å². The highest BCUT2D eigenvalue weighted by Crippen LogP contribution is 2.33. The maximum atomic E-state index is 11.9. The number of hydrogen-bond acceptors (Lipinski definition) is 3. The summed E-state index contributed by atoms with van der Waals surface area (Å²) in [5.41, 5.74) is 1.86. The van der Waals surface area contributed by atoms with E-state index in [9.17, 15) is 4.79 Å². The van der Waals surface area contributed by atoms with Gasteiger partial charge in [0.15, 0.2) is 0 Å². The van der Waals surface area contributed by atoms with Crippen molar-refractivity contribution in [2.24, 2.45) is 0 Å². The highest BCUT2D eigenvalue weighted by molar-refractivity contribution is 5.94. The number of hydrogen-bond donors (Lipinski definition) is 1. The van der Waals surface area contributed by atoms with Crippen molar-refractivity contribution in [1.82, 2.24) is 0 Å². The van der Waals surface area contributed by atoms with Crippen molar-refractivity contribution in [2.45, 2.75) is 32.6 Å². The van der Waals surface area contributed by atoms with Crippen LogP contribution in [0.2, 0.25) is 0 Å². The smallest absolute Gasteiger partial charge is 0.229 e. The van der Waals surface area contributed by atoms with Crippen LogP contribution in [0.4, 0.5) is 5.69 Å². The van der Waals surface area contributed by atoms with E-state index in [2.05, 4.69) is 20.8 Å². The van der Waals surface area contributed by atoms with Gasteiger partial charge in [-0.15, -0.1) is 0 Å². The minimum atomic E-state index is -0.148. The molecule has 0 fully saturated rings. The Kier molecular flexibility index (Phi) is 4.95. The van der Waals surface area contributed by atoms with Gasteiger partial charge in [-0.25, -0.2) is 0 Å². The number of methoxy groups -OCH3 is 1. The van der Waals surface area contributed by atoms with E-state index in [0.29, 0.717) is 5.75 Å². The first-order valence-corrected chi connectivity index (χ1v) is 6.37. The Morgan fingerprint density at radius 3 is 2.47 bits per heavy atom. The van der Waals surface area contributed by atoms with Crippen molar-refractivity contribution in [3.05, 3.63) is 23.8 Å². The molecule has 0 heterocycles. The number of nitrogens with zero attached hydrogens (tertiary/aromatic N) is 1. The van der Waals surface area contributed by atoms with Gasteiger partial charge in [-0.1, -0.05) is 26.8 Å². The molecule has 106 valence electrons. The second-order valence-electron chi connectivity index (χ2n) is 5.56. The second kappa shape index (κ2) is 6.06. The maximum Gasteiger partial charge on any atom is 0.229 e. The van der Waals surface area contributed by atoms with Crippen LogP contribution in [0.3, 0.4) is 0 Å². The maximum absolute atomic E-state index is 11.9. The second-order valence-corrected chi connectivity index (χ2v) is 5.56. The highest BCUT2D eigenvalue weighted by Gasteiger charge is 2.20. The van der Waals surface area contributed by atoms with Gasteiger partial charge in [0, 0.05) is 7.05 Å². The van der Waals surface area contributed by atoms with Gasteiger partial charge in [0.25, 0.3) is 0 Å². The molecule has 1 N–H and O–H groups in total. The summed E-state index contributed by atoms with van der Waals surface area (Å²) in [6.07, 6.45) is 0.111. The quantitative estimate of drug-likeness (QED) is 0.909. The van der Waals surface area contributed by atoms with Crippen molar-refractivity contribution in [3.63, 3.8) is 0 Å². The summed E-state index contributed by atoms with van der Waals surface area (Å²) in [6, 6.07) is 5.85. The highest BCUT2D eigenvalue weighted by atomic mass is 16.5. The Labute approximate surface area is 115 Å². The first kappa shape index (κ1) is 15.5. The zero-order valence-corrected chi connectivity index (χ0v) is 12.4. The lowest BCUT2D eigenvalue weighted by Gasteiger charge is -2.25. The molecule has 1 rings (SSSR count). The molecule has 0 radical (unpaired) electrons. The number of benzene rings is 1. The van der Waals surface area contributed by atoms with E-state index in [1.165, 1.54) is 4.90 Å². The van der Waals surface area contributed by atoms with Crippen LogP contribution in [0.5, 0.6) is 5.75 Å². The van der Waals surface area contributed by atoms with Gasteiger partial charge in [-0.2, -0.15) is 0 Å². The summed E-state index contributed by atoms with van der Waals surface area (Å²) >= 11 is 0. The molecule has 0 unspecified atom stereocenters. The van der Waals surface area contributed by atoms with Crippen LogP contribution in [0.1, 0.15) is 32.8 Å². The van der Waals surface area contributed by atoms with E-state index in [-0.39, 0.29) is 24.3 Å². The average molecular weight is 265 g/mol. The van der Waals surface area contributed by atoms with Gasteiger partial charge in [0.05, 0.1) is 25.8 Å². The minimum absolute atomic E-state index is 0.00187. The number of anilines is 1. The summed E-state index contributed by atoms with van der Waals surface area (Å²) in [6.45, 7) is 6.21. The molecule has 0 saturated carbocycles. The Hall–Kier alpha value is -1.55. The van der Waals surface area contributed by atoms with Crippen LogP contribution in [-0.4, -0.2) is 31.8 Å². The number of carbonyl (C=O) groups is 1. The lowest BCUT2D eigenvalue weighted by molar-refractivity contribution is -0.118. The fraction of sp³-hybridized carbons (Fsp3) is 0.533. The van der Waals surface area contributed by atoms with E-state index in [1.807, 2.05) is 18.2 Å². The van der Waals surface area contributed by atoms with Crippen LogP contribution in [-0.2, 0) is 10.2 Å². The largest absolute Gasteiger partial charge is 0.495 e. The molecule has 1 amide bonds. The molecule has 0 aliphatic carbocycles. The Morgan fingerprint density at radius 2 is 2.00 bits per heavy atom. The number of rotatable bonds is 4. The lowest BCUT2D eigenvalue weighted by Crippen LogP contribution is -2.27. The molecule has 0 aliphatic heterocycles. The molecule has 0 spiro atoms. The molecular weight excluding hydrogens is 242 g/mol. The SMILES string of the molecule is COc1ccc(C(C)(C)C)cc1N(C)C(=O)CCO. The predicted molar refractivity (Wildman–Crippen MR) is 76.8 cm³/mol. The molecule has 4 nitrogen and oxygen atoms in total. The van der Waals surface area contributed by atoms with Crippen molar-refractivity contribution in [2.75, 3.05) is 25.7 Å². The summed E-state index contributed by atoms with van der Waals surface area (Å²) < 4.78 is 5.31. The molecule has 0 saturated heterocycles. The number of aliphatic hydroxyl groups is 1. The van der Waals surface area contributed by atoms with Crippen molar-refractivity contribution in [3.8, 4) is 5.75 Å². The lowest BCUT2D eigenvalue weighted by atomic mass is 9.86. The van der Waals surface area contributed by atoms with Crippen molar-refractivity contribution < 1.29 is 14.6 Å². The van der Waals surface area contributed by atoms with E-state index in [0.717, 1.165) is 11.3 Å². The molecule has 0 aliphatic rings. The predicted octanol–water partition coefficient (Wildman–Crippen LogP) is 2.34. The summed E-state index contributed by atoms with van der Waals surface area (Å²) in [5, 5.41) is 8.86. The third kappa shape index (κ3) is 3.70. The molecule has 0 atom stereocenters. The Bertz CT molecular complexity index is 449. The normalized spacial score (nSPS) is 11.3. The zero-order chi connectivity index (χ0) is 14.6. The topological polar surface area (TPSA) is 49.8 Å². The monoisotopic (exact) mass is 265 g/mol. The van der Waals surface area contributed by atoms with Gasteiger partial charge in [-0.05, 0) is 23.1 Å². The Morgan fingerprint density at radius 1 is 1.37 bits per heavy atom. The summed E-state index contributed by atoms with van der Waals surface area (Å²) in [7, 11) is 3.28. The van der Waals surface area contributed by atoms with Gasteiger partial charge in [-0.3, -0.25) is 4.79 Å². The average Bonchev–Trinajstić information content (AvgIpc) is 2.36. The summed E-state index contributed by atoms with van der Waals surface area (Å²) in [5.74, 6) is 0.522. The number of aliphatic hydroxyl groups excluding tert-OH is 1. The zero-order valence-electron chi connectivity index (χ0n) is 12.4. The van der Waals surface area contributed by atoms with Gasteiger partial charge in [0.1, 0.15) is 5.75 Å². The minimum Gasteiger partial charge on any atom is -0.495 e. The van der Waals surface area contributed by atoms with Crippen molar-refractivity contribution >= 4 is 11.6 Å². The first-order chi connectivity index (χ1) is 8.81. The molecule has 1 aromatic rings. The van der Waals surface area contributed by atoms with Crippen LogP contribution >= 0.6 is 0 Å². The van der Waals surface area contributed by atoms with E-state index < -0.39 is 0 Å². The summed E-state index contributed by atoms with van der Waals surface area (Å²) in [4.78, 5) is 13.4. The van der Waals surface area contributed by atoms with Gasteiger partial charge >= 0.3 is 0 Å². The van der Waals surface area contributed by atoms with Gasteiger partial charge in [0.2, 0.25) is 5.91 Å². The fourth-order valence-corrected chi connectivity index (χ4v) is 1.82. The fourth-order valence-electron chi connectivity index (χ4n) is 1.82. The molecular formula is C15H23NO3. The molecule has 19 heavy (non-hydrogen) atoms.